The molecule has 0 aliphatic carbocycles. The lowest BCUT2D eigenvalue weighted by molar-refractivity contribution is 0.0693. The maximum Gasteiger partial charge on any atom is 0.339 e. The third kappa shape index (κ3) is 4.86. The molecule has 1 aromatic rings. The van der Waals surface area contributed by atoms with E-state index in [0.29, 0.717) is 5.56 Å². The van der Waals surface area contributed by atoms with Gasteiger partial charge in [0.05, 0.1) is 0 Å². The number of hydrogen-bond donors (Lipinski definition) is 2. The van der Waals surface area contributed by atoms with Gasteiger partial charge in [-0.25, -0.2) is 4.79 Å². The Balaban J connectivity index is 0.000000423. The third-order valence-corrected chi connectivity index (χ3v) is 1.46. The zero-order valence-electron chi connectivity index (χ0n) is 9.24. The molecular weight excluding hydrogens is 192 g/mol. The van der Waals surface area contributed by atoms with E-state index < -0.39 is 5.97 Å². The second-order valence-electron chi connectivity index (χ2n) is 3.48. The number of aromatic carboxylic acids is 1. The standard InChI is InChI=1S/C8H8O3.C4H8/c1-5-3-2-4-6(9)7(5)8(10)11;1-4(2)3/h2-4,9H,1H3,(H,10,11);1H2,2-3H3. The Morgan fingerprint density at radius 2 is 1.80 bits per heavy atom. The number of rotatable bonds is 1. The van der Waals surface area contributed by atoms with Crippen molar-refractivity contribution in [3.05, 3.63) is 41.5 Å². The van der Waals surface area contributed by atoms with Gasteiger partial charge in [0.15, 0.2) is 0 Å². The van der Waals surface area contributed by atoms with Crippen molar-refractivity contribution in [1.29, 1.82) is 0 Å². The Bertz CT molecular complexity index is 343. The monoisotopic (exact) mass is 208 g/mol. The van der Waals surface area contributed by atoms with Gasteiger partial charge in [-0.3, -0.25) is 0 Å². The van der Waals surface area contributed by atoms with Gasteiger partial charge in [-0.05, 0) is 32.4 Å². The van der Waals surface area contributed by atoms with Crippen LogP contribution in [0.5, 0.6) is 5.75 Å². The second kappa shape index (κ2) is 5.86. The minimum atomic E-state index is -1.10. The zero-order valence-corrected chi connectivity index (χ0v) is 9.24. The molecule has 2 N–H and O–H groups in total. The van der Waals surface area contributed by atoms with Crippen LogP contribution in [0.15, 0.2) is 30.4 Å². The van der Waals surface area contributed by atoms with Gasteiger partial charge >= 0.3 is 5.97 Å². The van der Waals surface area contributed by atoms with E-state index >= 15 is 0 Å². The van der Waals surface area contributed by atoms with E-state index in [2.05, 4.69) is 6.58 Å². The number of hydrogen-bond acceptors (Lipinski definition) is 2. The predicted octanol–water partition coefficient (Wildman–Crippen LogP) is 2.98. The van der Waals surface area contributed by atoms with Crippen molar-refractivity contribution in [2.24, 2.45) is 0 Å². The van der Waals surface area contributed by atoms with Gasteiger partial charge < -0.3 is 10.2 Å². The number of allylic oxidation sites excluding steroid dienone is 1. The van der Waals surface area contributed by atoms with Crippen molar-refractivity contribution < 1.29 is 15.0 Å². The van der Waals surface area contributed by atoms with Crippen molar-refractivity contribution in [3.63, 3.8) is 0 Å². The summed E-state index contributed by atoms with van der Waals surface area (Å²) < 4.78 is 0. The number of benzene rings is 1. The van der Waals surface area contributed by atoms with E-state index in [4.69, 9.17) is 10.2 Å². The quantitative estimate of drug-likeness (QED) is 0.697. The SMILES string of the molecule is C=C(C)C.Cc1cccc(O)c1C(=O)O. The first-order chi connectivity index (χ1) is 6.86. The summed E-state index contributed by atoms with van der Waals surface area (Å²) in [5.74, 6) is -1.28. The van der Waals surface area contributed by atoms with Gasteiger partial charge in [-0.15, -0.1) is 6.58 Å². The van der Waals surface area contributed by atoms with Crippen LogP contribution in [0.2, 0.25) is 0 Å². The number of phenols is 1. The first kappa shape index (κ1) is 13.2. The maximum atomic E-state index is 10.5. The van der Waals surface area contributed by atoms with Crippen LogP contribution in [-0.4, -0.2) is 16.2 Å². The van der Waals surface area contributed by atoms with Crippen molar-refractivity contribution in [1.82, 2.24) is 0 Å². The third-order valence-electron chi connectivity index (χ3n) is 1.46. The van der Waals surface area contributed by atoms with Crippen LogP contribution >= 0.6 is 0 Å². The van der Waals surface area contributed by atoms with Crippen molar-refractivity contribution in [2.45, 2.75) is 20.8 Å². The van der Waals surface area contributed by atoms with Crippen LogP contribution < -0.4 is 0 Å². The highest BCUT2D eigenvalue weighted by Crippen LogP contribution is 2.19. The van der Waals surface area contributed by atoms with Gasteiger partial charge in [0.25, 0.3) is 0 Å². The number of carboxylic acid groups (broad SMARTS) is 1. The highest BCUT2D eigenvalue weighted by Gasteiger charge is 2.10. The van der Waals surface area contributed by atoms with E-state index in [9.17, 15) is 4.79 Å². The normalized spacial score (nSPS) is 8.73. The molecule has 3 heteroatoms. The van der Waals surface area contributed by atoms with E-state index in [-0.39, 0.29) is 11.3 Å². The Hall–Kier alpha value is -1.77. The molecular formula is C12H16O3. The molecule has 1 rings (SSSR count). The minimum absolute atomic E-state index is 0.0208. The summed E-state index contributed by atoms with van der Waals surface area (Å²) >= 11 is 0. The van der Waals surface area contributed by atoms with Crippen molar-refractivity contribution >= 4 is 5.97 Å². The molecule has 82 valence electrons. The highest BCUT2D eigenvalue weighted by atomic mass is 16.4. The molecule has 0 unspecified atom stereocenters. The molecule has 0 bridgehead atoms. The topological polar surface area (TPSA) is 57.5 Å². The van der Waals surface area contributed by atoms with Crippen LogP contribution in [0.3, 0.4) is 0 Å². The minimum Gasteiger partial charge on any atom is -0.507 e. The fraction of sp³-hybridized carbons (Fsp3) is 0.250. The largest absolute Gasteiger partial charge is 0.507 e. The van der Waals surface area contributed by atoms with Crippen molar-refractivity contribution in [2.75, 3.05) is 0 Å². The molecule has 0 aromatic heterocycles. The van der Waals surface area contributed by atoms with Gasteiger partial charge in [0.2, 0.25) is 0 Å². The highest BCUT2D eigenvalue weighted by molar-refractivity contribution is 5.92. The molecule has 0 atom stereocenters. The lowest BCUT2D eigenvalue weighted by Gasteiger charge is -2.01. The summed E-state index contributed by atoms with van der Waals surface area (Å²) in [5.41, 5.74) is 1.71. The molecule has 0 aliphatic rings. The second-order valence-corrected chi connectivity index (χ2v) is 3.48. The first-order valence-corrected chi connectivity index (χ1v) is 4.50. The van der Waals surface area contributed by atoms with Crippen LogP contribution in [-0.2, 0) is 0 Å². The molecule has 0 fully saturated rings. The fourth-order valence-electron chi connectivity index (χ4n) is 0.931. The van der Waals surface area contributed by atoms with E-state index in [0.717, 1.165) is 0 Å². The summed E-state index contributed by atoms with van der Waals surface area (Å²) in [6.07, 6.45) is 0. The van der Waals surface area contributed by atoms with Gasteiger partial charge in [0, 0.05) is 0 Å². The number of carbonyl (C=O) groups is 1. The lowest BCUT2D eigenvalue weighted by Crippen LogP contribution is -1.99. The van der Waals surface area contributed by atoms with Gasteiger partial charge in [-0.2, -0.15) is 0 Å². The Morgan fingerprint density at radius 3 is 2.07 bits per heavy atom. The van der Waals surface area contributed by atoms with Crippen LogP contribution in [0.4, 0.5) is 0 Å². The molecule has 0 heterocycles. The number of carboxylic acids is 1. The predicted molar refractivity (Wildman–Crippen MR) is 60.3 cm³/mol. The summed E-state index contributed by atoms with van der Waals surface area (Å²) in [5, 5.41) is 17.7. The summed E-state index contributed by atoms with van der Waals surface area (Å²) in [7, 11) is 0. The summed E-state index contributed by atoms with van der Waals surface area (Å²) in [4.78, 5) is 10.5. The molecule has 0 aliphatic heterocycles. The van der Waals surface area contributed by atoms with Crippen LogP contribution in [0.25, 0.3) is 0 Å². The van der Waals surface area contributed by atoms with Gasteiger partial charge in [-0.1, -0.05) is 17.7 Å². The molecule has 3 nitrogen and oxygen atoms in total. The van der Waals surface area contributed by atoms with Crippen LogP contribution in [0, 0.1) is 6.92 Å². The zero-order chi connectivity index (χ0) is 12.0. The number of aromatic hydroxyl groups is 1. The fourth-order valence-corrected chi connectivity index (χ4v) is 0.931. The molecule has 0 saturated heterocycles. The average Bonchev–Trinajstić information content (AvgIpc) is 2.01. The van der Waals surface area contributed by atoms with Crippen molar-refractivity contribution in [3.8, 4) is 5.75 Å². The van der Waals surface area contributed by atoms with E-state index in [1.807, 2.05) is 13.8 Å². The van der Waals surface area contributed by atoms with E-state index in [1.165, 1.54) is 11.6 Å². The molecule has 1 aromatic carbocycles. The summed E-state index contributed by atoms with van der Waals surface area (Å²) in [6, 6.07) is 4.61. The van der Waals surface area contributed by atoms with E-state index in [1.54, 1.807) is 19.1 Å². The lowest BCUT2D eigenvalue weighted by atomic mass is 10.1. The molecule has 0 spiro atoms. The summed E-state index contributed by atoms with van der Waals surface area (Å²) in [6.45, 7) is 9.14. The molecule has 0 amide bonds. The maximum absolute atomic E-state index is 10.5. The molecule has 15 heavy (non-hydrogen) atoms. The van der Waals surface area contributed by atoms with Gasteiger partial charge in [0.1, 0.15) is 11.3 Å². The van der Waals surface area contributed by atoms with Crippen LogP contribution in [0.1, 0.15) is 29.8 Å². The molecule has 0 saturated carbocycles. The number of aryl methyl sites for hydroxylation is 1. The Kier molecular flexibility index (Phi) is 5.16. The Morgan fingerprint density at radius 1 is 1.33 bits per heavy atom. The first-order valence-electron chi connectivity index (χ1n) is 4.50. The Labute approximate surface area is 89.7 Å². The average molecular weight is 208 g/mol. The molecule has 0 radical (unpaired) electrons. The smallest absolute Gasteiger partial charge is 0.339 e.